The smallest absolute Gasteiger partial charge is 0.379 e. The largest absolute Gasteiger partial charge is 0.416 e. The molecular formula is C12H17F3NO+. The first-order chi connectivity index (χ1) is 7.93. The molecule has 17 heavy (non-hydrogen) atoms. The molecule has 0 aromatic heterocycles. The van der Waals surface area contributed by atoms with E-state index in [1.54, 1.807) is 13.2 Å². The Kier molecular flexibility index (Phi) is 4.96. The van der Waals surface area contributed by atoms with Crippen LogP contribution in [-0.4, -0.2) is 19.8 Å². The molecule has 0 bridgehead atoms. The van der Waals surface area contributed by atoms with Gasteiger partial charge in [-0.2, -0.15) is 13.2 Å². The fraction of sp³-hybridized carbons (Fsp3) is 0.500. The first-order valence-corrected chi connectivity index (χ1v) is 5.42. The average Bonchev–Trinajstić information content (AvgIpc) is 2.26. The third-order valence-corrected chi connectivity index (χ3v) is 2.44. The van der Waals surface area contributed by atoms with Crippen LogP contribution in [0.15, 0.2) is 24.3 Å². The van der Waals surface area contributed by atoms with Crippen LogP contribution >= 0.6 is 0 Å². The summed E-state index contributed by atoms with van der Waals surface area (Å²) < 4.78 is 42.3. The molecule has 0 aliphatic carbocycles. The van der Waals surface area contributed by atoms with Crippen LogP contribution in [0.1, 0.15) is 18.1 Å². The summed E-state index contributed by atoms with van der Waals surface area (Å²) in [6, 6.07) is 5.64. The Balaban J connectivity index is 2.60. The minimum absolute atomic E-state index is 0.231. The predicted molar refractivity (Wildman–Crippen MR) is 58.4 cm³/mol. The summed E-state index contributed by atoms with van der Waals surface area (Å²) in [6.07, 6.45) is -4.27. The molecule has 0 amide bonds. The molecule has 0 saturated carbocycles. The molecule has 0 saturated heterocycles. The lowest BCUT2D eigenvalue weighted by molar-refractivity contribution is -0.702. The molecule has 5 heteroatoms. The second-order valence-corrected chi connectivity index (χ2v) is 4.07. The number of methoxy groups -OCH3 is 1. The summed E-state index contributed by atoms with van der Waals surface area (Å²) in [5.41, 5.74) is 0.0746. The maximum Gasteiger partial charge on any atom is 0.416 e. The van der Waals surface area contributed by atoms with Gasteiger partial charge in [-0.05, 0) is 19.1 Å². The average molecular weight is 248 g/mol. The summed E-state index contributed by atoms with van der Waals surface area (Å²) in [6.45, 7) is 3.07. The van der Waals surface area contributed by atoms with E-state index in [2.05, 4.69) is 0 Å². The van der Waals surface area contributed by atoms with E-state index in [-0.39, 0.29) is 6.04 Å². The summed E-state index contributed by atoms with van der Waals surface area (Å²) in [5.74, 6) is 0. The number of alkyl halides is 3. The van der Waals surface area contributed by atoms with E-state index in [1.165, 1.54) is 12.1 Å². The molecule has 0 spiro atoms. The van der Waals surface area contributed by atoms with Gasteiger partial charge < -0.3 is 10.1 Å². The zero-order valence-corrected chi connectivity index (χ0v) is 9.92. The topological polar surface area (TPSA) is 25.8 Å². The minimum atomic E-state index is -4.27. The van der Waals surface area contributed by atoms with Crippen LogP contribution in [0.25, 0.3) is 0 Å². The van der Waals surface area contributed by atoms with Gasteiger partial charge in [-0.1, -0.05) is 12.1 Å². The molecule has 0 aliphatic heterocycles. The Hall–Kier alpha value is -1.07. The molecule has 1 aromatic carbocycles. The Morgan fingerprint density at radius 3 is 2.65 bits per heavy atom. The number of quaternary nitrogens is 1. The number of halogens is 3. The second-order valence-electron chi connectivity index (χ2n) is 4.07. The van der Waals surface area contributed by atoms with Crippen molar-refractivity contribution in [3.63, 3.8) is 0 Å². The van der Waals surface area contributed by atoms with E-state index < -0.39 is 11.7 Å². The van der Waals surface area contributed by atoms with Crippen molar-refractivity contribution in [3.05, 3.63) is 35.4 Å². The molecule has 1 rings (SSSR count). The number of benzene rings is 1. The van der Waals surface area contributed by atoms with Crippen molar-refractivity contribution in [1.29, 1.82) is 0 Å². The van der Waals surface area contributed by atoms with E-state index in [0.29, 0.717) is 18.7 Å². The number of nitrogens with two attached hydrogens (primary N) is 1. The Bertz CT molecular complexity index is 352. The van der Waals surface area contributed by atoms with Crippen LogP contribution < -0.4 is 5.32 Å². The zero-order chi connectivity index (χ0) is 12.9. The lowest BCUT2D eigenvalue weighted by Gasteiger charge is -2.11. The van der Waals surface area contributed by atoms with Crippen molar-refractivity contribution in [2.75, 3.05) is 13.7 Å². The predicted octanol–water partition coefficient (Wildman–Crippen LogP) is 1.80. The highest BCUT2D eigenvalue weighted by Crippen LogP contribution is 2.29. The van der Waals surface area contributed by atoms with Crippen LogP contribution in [0.2, 0.25) is 0 Å². The number of hydrogen-bond acceptors (Lipinski definition) is 1. The van der Waals surface area contributed by atoms with Crippen LogP contribution in [-0.2, 0) is 17.5 Å². The van der Waals surface area contributed by atoms with Gasteiger partial charge in [0.2, 0.25) is 0 Å². The molecule has 0 aliphatic rings. The molecular weight excluding hydrogens is 231 g/mol. The van der Waals surface area contributed by atoms with Crippen molar-refractivity contribution in [1.82, 2.24) is 0 Å². The van der Waals surface area contributed by atoms with Gasteiger partial charge in [-0.3, -0.25) is 0 Å². The zero-order valence-electron chi connectivity index (χ0n) is 9.92. The van der Waals surface area contributed by atoms with E-state index in [9.17, 15) is 13.2 Å². The first kappa shape index (κ1) is 14.0. The third-order valence-electron chi connectivity index (χ3n) is 2.44. The minimum Gasteiger partial charge on any atom is -0.379 e. The Labute approximate surface area is 98.8 Å². The molecule has 0 radical (unpaired) electrons. The van der Waals surface area contributed by atoms with E-state index in [0.717, 1.165) is 6.07 Å². The highest BCUT2D eigenvalue weighted by molar-refractivity contribution is 5.24. The quantitative estimate of drug-likeness (QED) is 0.844. The highest BCUT2D eigenvalue weighted by atomic mass is 19.4. The monoisotopic (exact) mass is 248 g/mol. The van der Waals surface area contributed by atoms with E-state index in [1.807, 2.05) is 12.2 Å². The number of rotatable bonds is 5. The summed E-state index contributed by atoms with van der Waals surface area (Å²) in [4.78, 5) is 0. The fourth-order valence-corrected chi connectivity index (χ4v) is 1.54. The summed E-state index contributed by atoms with van der Waals surface area (Å²) in [7, 11) is 1.61. The van der Waals surface area contributed by atoms with Crippen LogP contribution in [0.5, 0.6) is 0 Å². The molecule has 2 nitrogen and oxygen atoms in total. The van der Waals surface area contributed by atoms with Crippen molar-refractivity contribution in [2.24, 2.45) is 0 Å². The summed E-state index contributed by atoms with van der Waals surface area (Å²) >= 11 is 0. The lowest BCUT2D eigenvalue weighted by atomic mass is 10.1. The maximum absolute atomic E-state index is 12.5. The maximum atomic E-state index is 12.5. The van der Waals surface area contributed by atoms with Crippen molar-refractivity contribution >= 4 is 0 Å². The Morgan fingerprint density at radius 2 is 2.06 bits per heavy atom. The highest BCUT2D eigenvalue weighted by Gasteiger charge is 2.30. The van der Waals surface area contributed by atoms with Gasteiger partial charge in [0.1, 0.15) is 12.6 Å². The second kappa shape index (κ2) is 6.02. The Morgan fingerprint density at radius 1 is 1.35 bits per heavy atom. The van der Waals surface area contributed by atoms with Gasteiger partial charge >= 0.3 is 6.18 Å². The van der Waals surface area contributed by atoms with E-state index in [4.69, 9.17) is 4.74 Å². The van der Waals surface area contributed by atoms with Gasteiger partial charge in [0.05, 0.1) is 12.2 Å². The van der Waals surface area contributed by atoms with Gasteiger partial charge in [-0.25, -0.2) is 0 Å². The molecule has 1 atom stereocenters. The van der Waals surface area contributed by atoms with Crippen molar-refractivity contribution in [2.45, 2.75) is 25.7 Å². The van der Waals surface area contributed by atoms with Gasteiger partial charge in [-0.15, -0.1) is 0 Å². The fourth-order valence-electron chi connectivity index (χ4n) is 1.54. The van der Waals surface area contributed by atoms with Gasteiger partial charge in [0, 0.05) is 12.7 Å². The standard InChI is InChI=1S/C12H16F3NO/c1-9(8-17-2)16-7-10-4-3-5-11(6-10)12(13,14)15/h3-6,9,16H,7-8H2,1-2H3/p+1/t9-/m0/s1. The summed E-state index contributed by atoms with van der Waals surface area (Å²) in [5, 5.41) is 1.96. The molecule has 2 N–H and O–H groups in total. The third kappa shape index (κ3) is 4.75. The van der Waals surface area contributed by atoms with E-state index >= 15 is 0 Å². The normalized spacial score (nSPS) is 13.7. The first-order valence-electron chi connectivity index (χ1n) is 5.42. The molecule has 1 aromatic rings. The van der Waals surface area contributed by atoms with Crippen LogP contribution in [0.3, 0.4) is 0 Å². The van der Waals surface area contributed by atoms with Gasteiger partial charge in [0.15, 0.2) is 0 Å². The SMILES string of the molecule is COC[C@H](C)[NH2+]Cc1cccc(C(F)(F)F)c1. The van der Waals surface area contributed by atoms with Crippen LogP contribution in [0.4, 0.5) is 13.2 Å². The van der Waals surface area contributed by atoms with Crippen molar-refractivity contribution < 1.29 is 23.2 Å². The lowest BCUT2D eigenvalue weighted by Crippen LogP contribution is -2.88. The molecule has 0 unspecified atom stereocenters. The van der Waals surface area contributed by atoms with Gasteiger partial charge in [0.25, 0.3) is 0 Å². The number of ether oxygens (including phenoxy) is 1. The number of hydrogen-bond donors (Lipinski definition) is 1. The van der Waals surface area contributed by atoms with Crippen molar-refractivity contribution in [3.8, 4) is 0 Å². The molecule has 96 valence electrons. The molecule has 0 heterocycles. The van der Waals surface area contributed by atoms with Crippen LogP contribution in [0, 0.1) is 0 Å². The molecule has 0 fully saturated rings.